The number of allylic oxidation sites excluding steroid dienone is 1. The Hall–Kier alpha value is -1.36. The Labute approximate surface area is 157 Å². The molecule has 1 saturated heterocycles. The third kappa shape index (κ3) is 5.56. The van der Waals surface area contributed by atoms with Crippen molar-refractivity contribution in [2.75, 3.05) is 6.61 Å². The molecule has 154 valence electrons. The highest BCUT2D eigenvalue weighted by atomic mass is 16.7. The van der Waals surface area contributed by atoms with E-state index in [1.54, 1.807) is 19.1 Å². The van der Waals surface area contributed by atoms with Crippen molar-refractivity contribution in [3.05, 3.63) is 12.2 Å². The van der Waals surface area contributed by atoms with Crippen LogP contribution in [0.5, 0.6) is 0 Å². The van der Waals surface area contributed by atoms with E-state index in [-0.39, 0.29) is 24.0 Å². The van der Waals surface area contributed by atoms with Crippen molar-refractivity contribution in [1.82, 2.24) is 0 Å². The van der Waals surface area contributed by atoms with Gasteiger partial charge in [-0.2, -0.15) is 0 Å². The maximum Gasteiger partial charge on any atom is 0.303 e. The van der Waals surface area contributed by atoms with Crippen molar-refractivity contribution in [1.29, 1.82) is 0 Å². The fraction of sp³-hybridized carbons (Fsp3) is 0.778. The van der Waals surface area contributed by atoms with Crippen molar-refractivity contribution >= 4 is 11.8 Å². The van der Waals surface area contributed by atoms with Gasteiger partial charge >= 0.3 is 5.97 Å². The minimum absolute atomic E-state index is 0.0266. The number of carboxylic acids is 1. The molecular formula is C18H28O9. The first-order valence-electron chi connectivity index (χ1n) is 9.11. The third-order valence-electron chi connectivity index (χ3n) is 5.18. The van der Waals surface area contributed by atoms with Crippen LogP contribution >= 0.6 is 0 Å². The minimum Gasteiger partial charge on any atom is -0.481 e. The Morgan fingerprint density at radius 2 is 2.00 bits per heavy atom. The maximum atomic E-state index is 12.0. The Bertz CT molecular complexity index is 547. The van der Waals surface area contributed by atoms with E-state index < -0.39 is 49.4 Å². The number of aliphatic carboxylic acids is 1. The van der Waals surface area contributed by atoms with Crippen molar-refractivity contribution in [3.8, 4) is 0 Å². The lowest BCUT2D eigenvalue weighted by molar-refractivity contribution is -0.306. The summed E-state index contributed by atoms with van der Waals surface area (Å²) in [5.74, 6) is -1.34. The number of carbonyl (C=O) groups is 2. The third-order valence-corrected chi connectivity index (χ3v) is 5.18. The number of hydrogen-bond donors (Lipinski definition) is 5. The van der Waals surface area contributed by atoms with Gasteiger partial charge in [-0.3, -0.25) is 9.59 Å². The molecular weight excluding hydrogens is 360 g/mol. The zero-order valence-electron chi connectivity index (χ0n) is 15.2. The van der Waals surface area contributed by atoms with E-state index in [1.807, 2.05) is 0 Å². The first kappa shape index (κ1) is 21.9. The Morgan fingerprint density at radius 1 is 1.30 bits per heavy atom. The highest BCUT2D eigenvalue weighted by Crippen LogP contribution is 2.34. The average molecular weight is 388 g/mol. The van der Waals surface area contributed by atoms with E-state index in [0.29, 0.717) is 19.3 Å². The summed E-state index contributed by atoms with van der Waals surface area (Å²) in [6, 6.07) is 0. The highest BCUT2D eigenvalue weighted by molar-refractivity contribution is 5.84. The fourth-order valence-electron chi connectivity index (χ4n) is 3.62. The molecule has 27 heavy (non-hydrogen) atoms. The molecule has 0 radical (unpaired) electrons. The number of rotatable bonds is 8. The minimum atomic E-state index is -1.51. The van der Waals surface area contributed by atoms with Crippen LogP contribution in [-0.2, 0) is 19.1 Å². The number of ketones is 1. The lowest BCUT2D eigenvalue weighted by Crippen LogP contribution is -2.59. The summed E-state index contributed by atoms with van der Waals surface area (Å²) in [6.07, 6.45) is -2.50. The highest BCUT2D eigenvalue weighted by Gasteiger charge is 2.44. The number of ether oxygens (including phenoxy) is 2. The van der Waals surface area contributed by atoms with Crippen molar-refractivity contribution in [2.24, 2.45) is 11.8 Å². The van der Waals surface area contributed by atoms with Crippen LogP contribution in [0.15, 0.2) is 12.2 Å². The van der Waals surface area contributed by atoms with Gasteiger partial charge in [-0.1, -0.05) is 12.2 Å². The number of aliphatic hydroxyl groups is 4. The lowest BCUT2D eigenvalue weighted by atomic mass is 9.89. The molecule has 1 aliphatic carbocycles. The van der Waals surface area contributed by atoms with Gasteiger partial charge in [0.15, 0.2) is 6.29 Å². The molecule has 1 saturated carbocycles. The molecule has 2 rings (SSSR count). The summed E-state index contributed by atoms with van der Waals surface area (Å²) in [7, 11) is 0. The first-order chi connectivity index (χ1) is 12.7. The van der Waals surface area contributed by atoms with Crippen LogP contribution in [0, 0.1) is 11.8 Å². The normalized spacial score (nSPS) is 38.4. The molecule has 0 bridgehead atoms. The molecule has 2 aliphatic rings. The van der Waals surface area contributed by atoms with Gasteiger partial charge in [0.25, 0.3) is 0 Å². The molecule has 5 N–H and O–H groups in total. The molecule has 0 aromatic rings. The topological polar surface area (TPSA) is 154 Å². The van der Waals surface area contributed by atoms with Gasteiger partial charge in [-0.05, 0) is 25.7 Å². The first-order valence-corrected chi connectivity index (χ1v) is 9.11. The van der Waals surface area contributed by atoms with Crippen LogP contribution in [-0.4, -0.2) is 80.7 Å². The van der Waals surface area contributed by atoms with Crippen LogP contribution in [0.1, 0.15) is 32.6 Å². The molecule has 1 aliphatic heterocycles. The predicted molar refractivity (Wildman–Crippen MR) is 91.5 cm³/mol. The van der Waals surface area contributed by atoms with Crippen LogP contribution < -0.4 is 0 Å². The van der Waals surface area contributed by atoms with E-state index >= 15 is 0 Å². The molecule has 1 heterocycles. The smallest absolute Gasteiger partial charge is 0.303 e. The molecule has 0 aromatic carbocycles. The molecule has 9 heteroatoms. The molecule has 3 unspecified atom stereocenters. The van der Waals surface area contributed by atoms with E-state index in [1.165, 1.54) is 0 Å². The molecule has 2 fully saturated rings. The van der Waals surface area contributed by atoms with Gasteiger partial charge in [-0.15, -0.1) is 0 Å². The van der Waals surface area contributed by atoms with E-state index in [4.69, 9.17) is 14.6 Å². The SMILES string of the molecule is CC(/C=C/CC1C(=O)CCC1CC(=O)O)O[C@@H]1O[C@H](CO)[C@@H](O)[C@H](O)[C@H]1O. The molecule has 9 nitrogen and oxygen atoms in total. The van der Waals surface area contributed by atoms with Crippen molar-refractivity contribution in [2.45, 2.75) is 69.4 Å². The number of hydrogen-bond acceptors (Lipinski definition) is 8. The van der Waals surface area contributed by atoms with E-state index in [2.05, 4.69) is 0 Å². The Morgan fingerprint density at radius 3 is 2.63 bits per heavy atom. The molecule has 8 atom stereocenters. The number of carboxylic acid groups (broad SMARTS) is 1. The Kier molecular flexibility index (Phi) is 7.90. The summed E-state index contributed by atoms with van der Waals surface area (Å²) >= 11 is 0. The van der Waals surface area contributed by atoms with E-state index in [9.17, 15) is 30.0 Å². The average Bonchev–Trinajstić information content (AvgIpc) is 2.95. The second-order valence-corrected chi connectivity index (χ2v) is 7.17. The molecule has 0 spiro atoms. The summed E-state index contributed by atoms with van der Waals surface area (Å²) < 4.78 is 10.8. The summed E-state index contributed by atoms with van der Waals surface area (Å²) in [5, 5.41) is 47.6. The van der Waals surface area contributed by atoms with Gasteiger partial charge in [0.2, 0.25) is 0 Å². The van der Waals surface area contributed by atoms with Gasteiger partial charge in [-0.25, -0.2) is 0 Å². The van der Waals surface area contributed by atoms with E-state index in [0.717, 1.165) is 0 Å². The lowest BCUT2D eigenvalue weighted by Gasteiger charge is -2.40. The maximum absolute atomic E-state index is 12.0. The van der Waals surface area contributed by atoms with Gasteiger partial charge in [0.05, 0.1) is 12.7 Å². The van der Waals surface area contributed by atoms with Crippen LogP contribution in [0.4, 0.5) is 0 Å². The molecule has 0 aromatic heterocycles. The zero-order chi connectivity index (χ0) is 20.1. The Balaban J connectivity index is 1.88. The zero-order valence-corrected chi connectivity index (χ0v) is 15.2. The number of aliphatic hydroxyl groups excluding tert-OH is 4. The van der Waals surface area contributed by atoms with Crippen molar-refractivity contribution in [3.63, 3.8) is 0 Å². The standard InChI is InChI=1S/C18H28O9/c1-9(26-18-17(25)16(24)15(23)13(8-19)27-18)3-2-4-11-10(7-14(21)22)5-6-12(11)20/h2-3,9-11,13,15-19,23-25H,4-8H2,1H3,(H,21,22)/b3-2+/t9?,10?,11?,13-,15-,16+,17-,18-/m1/s1. The second kappa shape index (κ2) is 9.72. The number of Topliss-reactive ketones (excluding diaryl/α,β-unsaturated/α-hetero) is 1. The van der Waals surface area contributed by atoms with Crippen LogP contribution in [0.25, 0.3) is 0 Å². The quantitative estimate of drug-likeness (QED) is 0.336. The summed E-state index contributed by atoms with van der Waals surface area (Å²) in [5.41, 5.74) is 0. The molecule has 0 amide bonds. The van der Waals surface area contributed by atoms with Gasteiger partial charge in [0, 0.05) is 18.8 Å². The van der Waals surface area contributed by atoms with Crippen LogP contribution in [0.2, 0.25) is 0 Å². The summed E-state index contributed by atoms with van der Waals surface area (Å²) in [6.45, 7) is 1.13. The van der Waals surface area contributed by atoms with Gasteiger partial charge < -0.3 is 35.0 Å². The van der Waals surface area contributed by atoms with Crippen molar-refractivity contribution < 1.29 is 44.6 Å². The monoisotopic (exact) mass is 388 g/mol. The largest absolute Gasteiger partial charge is 0.481 e. The summed E-state index contributed by atoms with van der Waals surface area (Å²) in [4.78, 5) is 22.9. The predicted octanol–water partition coefficient (Wildman–Crippen LogP) is -0.792. The number of carbonyl (C=O) groups excluding carboxylic acids is 1. The fourth-order valence-corrected chi connectivity index (χ4v) is 3.62. The van der Waals surface area contributed by atoms with Gasteiger partial charge in [0.1, 0.15) is 30.2 Å². The second-order valence-electron chi connectivity index (χ2n) is 7.17. The van der Waals surface area contributed by atoms with Crippen LogP contribution in [0.3, 0.4) is 0 Å².